The Morgan fingerprint density at radius 3 is 2.78 bits per heavy atom. The predicted octanol–water partition coefficient (Wildman–Crippen LogP) is 3.15. The molecule has 2 aromatic rings. The molecule has 94 valence electrons. The summed E-state index contributed by atoms with van der Waals surface area (Å²) >= 11 is 0. The highest BCUT2D eigenvalue weighted by molar-refractivity contribution is 5.91. The third-order valence-corrected chi connectivity index (χ3v) is 2.96. The summed E-state index contributed by atoms with van der Waals surface area (Å²) in [4.78, 5) is 14.9. The number of nitrogens with one attached hydrogen (secondary N) is 2. The number of aryl methyl sites for hydroxylation is 2. The van der Waals surface area contributed by atoms with Gasteiger partial charge in [-0.25, -0.2) is 0 Å². The van der Waals surface area contributed by atoms with Crippen LogP contribution in [0, 0.1) is 0 Å². The normalized spacial score (nSPS) is 10.3. The first-order valence-corrected chi connectivity index (χ1v) is 6.29. The Labute approximate surface area is 107 Å². The van der Waals surface area contributed by atoms with Gasteiger partial charge in [0.05, 0.1) is 0 Å². The molecule has 0 aliphatic rings. The van der Waals surface area contributed by atoms with E-state index < -0.39 is 0 Å². The van der Waals surface area contributed by atoms with Gasteiger partial charge in [0, 0.05) is 24.0 Å². The predicted molar refractivity (Wildman–Crippen MR) is 73.6 cm³/mol. The van der Waals surface area contributed by atoms with Gasteiger partial charge in [-0.05, 0) is 36.6 Å². The van der Waals surface area contributed by atoms with Crippen molar-refractivity contribution in [3.63, 3.8) is 0 Å². The average molecular weight is 242 g/mol. The lowest BCUT2D eigenvalue weighted by Gasteiger charge is -2.09. The van der Waals surface area contributed by atoms with Crippen LogP contribution >= 0.6 is 0 Å². The monoisotopic (exact) mass is 242 g/mol. The Morgan fingerprint density at radius 2 is 2.06 bits per heavy atom. The molecule has 18 heavy (non-hydrogen) atoms. The number of amides is 1. The molecule has 0 atom stereocenters. The summed E-state index contributed by atoms with van der Waals surface area (Å²) in [6, 6.07) is 11.9. The van der Waals surface area contributed by atoms with Crippen LogP contribution in [0.25, 0.3) is 0 Å². The molecule has 1 aromatic carbocycles. The van der Waals surface area contributed by atoms with E-state index in [0.29, 0.717) is 6.42 Å². The molecule has 0 aliphatic carbocycles. The number of aromatic amines is 1. The van der Waals surface area contributed by atoms with Crippen LogP contribution in [0.3, 0.4) is 0 Å². The van der Waals surface area contributed by atoms with Crippen LogP contribution in [0.5, 0.6) is 0 Å². The van der Waals surface area contributed by atoms with Crippen LogP contribution in [-0.2, 0) is 17.6 Å². The summed E-state index contributed by atoms with van der Waals surface area (Å²) in [6.07, 6.45) is 4.04. The van der Waals surface area contributed by atoms with Crippen molar-refractivity contribution in [3.05, 3.63) is 53.9 Å². The largest absolute Gasteiger partial charge is 0.365 e. The minimum Gasteiger partial charge on any atom is -0.365 e. The van der Waals surface area contributed by atoms with Gasteiger partial charge in [-0.2, -0.15) is 0 Å². The summed E-state index contributed by atoms with van der Waals surface area (Å²) in [5.74, 6) is 0.0606. The number of hydrogen-bond donors (Lipinski definition) is 2. The van der Waals surface area contributed by atoms with Crippen LogP contribution in [0.4, 0.5) is 5.69 Å². The maximum absolute atomic E-state index is 11.9. The van der Waals surface area contributed by atoms with Crippen molar-refractivity contribution in [1.29, 1.82) is 0 Å². The van der Waals surface area contributed by atoms with Crippen molar-refractivity contribution < 1.29 is 4.79 Å². The fraction of sp³-hybridized carbons (Fsp3) is 0.267. The second kappa shape index (κ2) is 6.05. The van der Waals surface area contributed by atoms with Crippen LogP contribution in [0.15, 0.2) is 42.6 Å². The molecule has 0 saturated carbocycles. The molecule has 0 saturated heterocycles. The molecule has 0 unspecified atom stereocenters. The smallest absolute Gasteiger partial charge is 0.224 e. The number of carbonyl (C=O) groups is 1. The molecule has 2 rings (SSSR count). The summed E-state index contributed by atoms with van der Waals surface area (Å²) in [5.41, 5.74) is 3.19. The highest BCUT2D eigenvalue weighted by Crippen LogP contribution is 2.15. The number of aromatic nitrogens is 1. The zero-order chi connectivity index (χ0) is 12.8. The number of anilines is 1. The highest BCUT2D eigenvalue weighted by Gasteiger charge is 2.05. The highest BCUT2D eigenvalue weighted by atomic mass is 16.1. The number of H-pyrrole nitrogens is 1. The molecule has 0 aliphatic heterocycles. The molecular formula is C15H18N2O. The van der Waals surface area contributed by atoms with E-state index in [0.717, 1.165) is 24.2 Å². The van der Waals surface area contributed by atoms with Gasteiger partial charge in [-0.1, -0.05) is 25.1 Å². The molecule has 0 spiro atoms. The van der Waals surface area contributed by atoms with Crippen LogP contribution in [0.1, 0.15) is 24.6 Å². The first kappa shape index (κ1) is 12.4. The topological polar surface area (TPSA) is 44.9 Å². The number of benzene rings is 1. The molecule has 1 aromatic heterocycles. The summed E-state index contributed by atoms with van der Waals surface area (Å²) < 4.78 is 0. The van der Waals surface area contributed by atoms with Gasteiger partial charge in [-0.15, -0.1) is 0 Å². The van der Waals surface area contributed by atoms with Gasteiger partial charge in [0.1, 0.15) is 0 Å². The first-order chi connectivity index (χ1) is 8.79. The zero-order valence-corrected chi connectivity index (χ0v) is 10.6. The van der Waals surface area contributed by atoms with Gasteiger partial charge in [0.15, 0.2) is 0 Å². The Hall–Kier alpha value is -2.03. The van der Waals surface area contributed by atoms with Gasteiger partial charge < -0.3 is 10.3 Å². The van der Waals surface area contributed by atoms with E-state index in [4.69, 9.17) is 0 Å². The number of carbonyl (C=O) groups excluding carboxylic acids is 1. The maximum atomic E-state index is 11.9. The summed E-state index contributed by atoms with van der Waals surface area (Å²) in [7, 11) is 0. The second-order valence-electron chi connectivity index (χ2n) is 4.25. The molecule has 1 amide bonds. The van der Waals surface area contributed by atoms with Crippen LogP contribution in [0.2, 0.25) is 0 Å². The quantitative estimate of drug-likeness (QED) is 0.831. The van der Waals surface area contributed by atoms with Crippen molar-refractivity contribution in [2.75, 3.05) is 5.32 Å². The van der Waals surface area contributed by atoms with Gasteiger partial charge >= 0.3 is 0 Å². The van der Waals surface area contributed by atoms with E-state index in [1.807, 2.05) is 42.6 Å². The molecule has 0 fully saturated rings. The lowest BCUT2D eigenvalue weighted by atomic mass is 10.1. The number of hydrogen-bond acceptors (Lipinski definition) is 1. The van der Waals surface area contributed by atoms with Gasteiger partial charge in [-0.3, -0.25) is 4.79 Å². The minimum atomic E-state index is 0.0606. The number of rotatable bonds is 5. The van der Waals surface area contributed by atoms with E-state index >= 15 is 0 Å². The molecule has 2 N–H and O–H groups in total. The fourth-order valence-corrected chi connectivity index (χ4v) is 1.93. The molecule has 0 radical (unpaired) electrons. The Balaban J connectivity index is 1.90. The number of para-hydroxylation sites is 1. The fourth-order valence-electron chi connectivity index (χ4n) is 1.93. The average Bonchev–Trinajstić information content (AvgIpc) is 2.90. The molecule has 3 heteroatoms. The molecule has 1 heterocycles. The van der Waals surface area contributed by atoms with Crippen molar-refractivity contribution in [2.24, 2.45) is 0 Å². The zero-order valence-electron chi connectivity index (χ0n) is 10.6. The lowest BCUT2D eigenvalue weighted by Crippen LogP contribution is -2.13. The van der Waals surface area contributed by atoms with E-state index in [2.05, 4.69) is 17.2 Å². The maximum Gasteiger partial charge on any atom is 0.224 e. The minimum absolute atomic E-state index is 0.0606. The first-order valence-electron chi connectivity index (χ1n) is 6.29. The van der Waals surface area contributed by atoms with Crippen molar-refractivity contribution in [2.45, 2.75) is 26.2 Å². The van der Waals surface area contributed by atoms with E-state index in [1.165, 1.54) is 5.56 Å². The van der Waals surface area contributed by atoms with Crippen molar-refractivity contribution >= 4 is 11.6 Å². The van der Waals surface area contributed by atoms with E-state index in [-0.39, 0.29) is 5.91 Å². The standard InChI is InChI=1S/C15H18N2O/c1-2-12-6-3-4-8-14(12)17-15(18)10-9-13-7-5-11-16-13/h3-8,11,16H,2,9-10H2,1H3,(H,17,18). The second-order valence-corrected chi connectivity index (χ2v) is 4.25. The summed E-state index contributed by atoms with van der Waals surface area (Å²) in [5, 5.41) is 2.97. The van der Waals surface area contributed by atoms with Gasteiger partial charge in [0.25, 0.3) is 0 Å². The van der Waals surface area contributed by atoms with Crippen molar-refractivity contribution in [1.82, 2.24) is 4.98 Å². The van der Waals surface area contributed by atoms with E-state index in [1.54, 1.807) is 0 Å². The van der Waals surface area contributed by atoms with Crippen LogP contribution in [-0.4, -0.2) is 10.9 Å². The Bertz CT molecular complexity index is 503. The Kier molecular flexibility index (Phi) is 4.18. The SMILES string of the molecule is CCc1ccccc1NC(=O)CCc1ccc[nH]1. The third kappa shape index (κ3) is 3.23. The Morgan fingerprint density at radius 1 is 1.22 bits per heavy atom. The third-order valence-electron chi connectivity index (χ3n) is 2.96. The van der Waals surface area contributed by atoms with Crippen LogP contribution < -0.4 is 5.32 Å². The van der Waals surface area contributed by atoms with Gasteiger partial charge in [0.2, 0.25) is 5.91 Å². The molecule has 3 nitrogen and oxygen atoms in total. The van der Waals surface area contributed by atoms with Crippen molar-refractivity contribution in [3.8, 4) is 0 Å². The summed E-state index contributed by atoms with van der Waals surface area (Å²) in [6.45, 7) is 2.09. The lowest BCUT2D eigenvalue weighted by molar-refractivity contribution is -0.116. The van der Waals surface area contributed by atoms with E-state index in [9.17, 15) is 4.79 Å². The molecular weight excluding hydrogens is 224 g/mol. The molecule has 0 bridgehead atoms.